The van der Waals surface area contributed by atoms with Crippen LogP contribution in [0, 0.1) is 13.8 Å². The van der Waals surface area contributed by atoms with Gasteiger partial charge in [0.15, 0.2) is 6.61 Å². The van der Waals surface area contributed by atoms with Gasteiger partial charge in [-0.1, -0.05) is 47.1 Å². The first kappa shape index (κ1) is 18.1. The van der Waals surface area contributed by atoms with Crippen LogP contribution in [0.2, 0.25) is 10.0 Å². The molecule has 0 atom stereocenters. The molecule has 0 unspecified atom stereocenters. The molecule has 0 saturated carbocycles. The Labute approximate surface area is 160 Å². The number of aromatic nitrogens is 2. The molecule has 1 heterocycles. The lowest BCUT2D eigenvalue weighted by molar-refractivity contribution is 0.252. The first-order valence-corrected chi connectivity index (χ1v) is 9.34. The summed E-state index contributed by atoms with van der Waals surface area (Å²) in [4.78, 5) is 0. The number of benzene rings is 2. The summed E-state index contributed by atoms with van der Waals surface area (Å²) in [5.74, 6) is 1.76. The van der Waals surface area contributed by atoms with Crippen molar-refractivity contribution < 1.29 is 9.15 Å². The lowest BCUT2D eigenvalue weighted by Gasteiger charge is -2.06. The van der Waals surface area contributed by atoms with Gasteiger partial charge in [-0.05, 0) is 54.8 Å². The molecule has 7 heteroatoms. The summed E-state index contributed by atoms with van der Waals surface area (Å²) in [6.45, 7) is 4.28. The maximum atomic E-state index is 6.16. The van der Waals surface area contributed by atoms with Crippen LogP contribution in [-0.4, -0.2) is 10.2 Å². The van der Waals surface area contributed by atoms with Crippen molar-refractivity contribution in [2.24, 2.45) is 0 Å². The standard InChI is InChI=1S/C18H16Cl2N2O2S/c1-11-6-12(2)8-13(7-11)23-9-17-21-22-18(24-17)25-10-14-15(19)4-3-5-16(14)20/h3-8H,9-10H2,1-2H3. The summed E-state index contributed by atoms with van der Waals surface area (Å²) in [7, 11) is 0. The van der Waals surface area contributed by atoms with Crippen LogP contribution in [0.4, 0.5) is 0 Å². The summed E-state index contributed by atoms with van der Waals surface area (Å²) in [6.07, 6.45) is 0. The highest BCUT2D eigenvalue weighted by atomic mass is 35.5. The second-order valence-electron chi connectivity index (χ2n) is 5.56. The number of halogens is 2. The molecule has 1 aromatic heterocycles. The van der Waals surface area contributed by atoms with Crippen LogP contribution >= 0.6 is 35.0 Å². The number of rotatable bonds is 6. The highest BCUT2D eigenvalue weighted by molar-refractivity contribution is 7.98. The molecule has 0 fully saturated rings. The normalized spacial score (nSPS) is 10.9. The average molecular weight is 395 g/mol. The van der Waals surface area contributed by atoms with Gasteiger partial charge in [-0.25, -0.2) is 0 Å². The monoisotopic (exact) mass is 394 g/mol. The summed E-state index contributed by atoms with van der Waals surface area (Å²) in [6, 6.07) is 11.5. The molecule has 0 aliphatic rings. The highest BCUT2D eigenvalue weighted by Gasteiger charge is 2.11. The minimum atomic E-state index is 0.225. The molecule has 25 heavy (non-hydrogen) atoms. The molecule has 0 spiro atoms. The molecule has 3 aromatic rings. The van der Waals surface area contributed by atoms with E-state index >= 15 is 0 Å². The number of hydrogen-bond donors (Lipinski definition) is 0. The highest BCUT2D eigenvalue weighted by Crippen LogP contribution is 2.31. The molecule has 0 N–H and O–H groups in total. The van der Waals surface area contributed by atoms with Gasteiger partial charge in [0.1, 0.15) is 5.75 Å². The van der Waals surface area contributed by atoms with E-state index in [2.05, 4.69) is 16.3 Å². The fraction of sp³-hybridized carbons (Fsp3) is 0.222. The summed E-state index contributed by atoms with van der Waals surface area (Å²) < 4.78 is 11.3. The molecule has 0 aliphatic heterocycles. The van der Waals surface area contributed by atoms with Crippen LogP contribution in [0.3, 0.4) is 0 Å². The molecular weight excluding hydrogens is 379 g/mol. The van der Waals surface area contributed by atoms with E-state index in [1.165, 1.54) is 11.8 Å². The van der Waals surface area contributed by atoms with E-state index in [0.29, 0.717) is 26.9 Å². The molecule has 0 bridgehead atoms. The van der Waals surface area contributed by atoms with Gasteiger partial charge in [0.25, 0.3) is 11.1 Å². The molecule has 0 aliphatic carbocycles. The second kappa shape index (κ2) is 8.13. The number of nitrogens with zero attached hydrogens (tertiary/aromatic N) is 2. The Morgan fingerprint density at radius 3 is 2.40 bits per heavy atom. The van der Waals surface area contributed by atoms with Gasteiger partial charge in [-0.15, -0.1) is 10.2 Å². The predicted molar refractivity (Wildman–Crippen MR) is 101 cm³/mol. The van der Waals surface area contributed by atoms with Gasteiger partial charge in [-0.3, -0.25) is 0 Å². The molecule has 2 aromatic carbocycles. The molecule has 0 radical (unpaired) electrons. The Morgan fingerprint density at radius 2 is 1.72 bits per heavy atom. The molecule has 3 rings (SSSR count). The van der Waals surface area contributed by atoms with Crippen molar-refractivity contribution in [1.82, 2.24) is 10.2 Å². The van der Waals surface area contributed by atoms with Gasteiger partial charge in [0, 0.05) is 15.8 Å². The van der Waals surface area contributed by atoms with Crippen molar-refractivity contribution >= 4 is 35.0 Å². The third-order valence-electron chi connectivity index (χ3n) is 3.41. The quantitative estimate of drug-likeness (QED) is 0.489. The van der Waals surface area contributed by atoms with E-state index in [0.717, 1.165) is 22.4 Å². The first-order chi connectivity index (χ1) is 12.0. The minimum Gasteiger partial charge on any atom is -0.484 e. The van der Waals surface area contributed by atoms with Crippen molar-refractivity contribution in [3.05, 3.63) is 69.0 Å². The molecule has 4 nitrogen and oxygen atoms in total. The predicted octanol–water partition coefficient (Wildman–Crippen LogP) is 5.86. The van der Waals surface area contributed by atoms with E-state index in [-0.39, 0.29) is 6.61 Å². The van der Waals surface area contributed by atoms with Gasteiger partial charge in [0.05, 0.1) is 0 Å². The van der Waals surface area contributed by atoms with Crippen molar-refractivity contribution in [3.63, 3.8) is 0 Å². The molecule has 0 saturated heterocycles. The summed E-state index contributed by atoms with van der Waals surface area (Å²) >= 11 is 13.7. The van der Waals surface area contributed by atoms with E-state index in [1.54, 1.807) is 12.1 Å². The zero-order chi connectivity index (χ0) is 17.8. The Hall–Kier alpha value is -1.69. The Balaban J connectivity index is 1.59. The third-order valence-corrected chi connectivity index (χ3v) is 4.96. The summed E-state index contributed by atoms with van der Waals surface area (Å²) in [5.41, 5.74) is 3.14. The second-order valence-corrected chi connectivity index (χ2v) is 7.30. The largest absolute Gasteiger partial charge is 0.484 e. The number of thioether (sulfide) groups is 1. The average Bonchev–Trinajstić information content (AvgIpc) is 2.99. The van der Waals surface area contributed by atoms with Crippen LogP contribution in [0.5, 0.6) is 5.75 Å². The van der Waals surface area contributed by atoms with Gasteiger partial charge in [0.2, 0.25) is 0 Å². The lowest BCUT2D eigenvalue weighted by Crippen LogP contribution is -1.96. The Bertz CT molecular complexity index is 843. The fourth-order valence-electron chi connectivity index (χ4n) is 2.32. The number of hydrogen-bond acceptors (Lipinski definition) is 5. The smallest absolute Gasteiger partial charge is 0.277 e. The van der Waals surface area contributed by atoms with Gasteiger partial charge in [-0.2, -0.15) is 0 Å². The number of ether oxygens (including phenoxy) is 1. The van der Waals surface area contributed by atoms with Gasteiger partial charge < -0.3 is 9.15 Å². The topological polar surface area (TPSA) is 48.2 Å². The van der Waals surface area contributed by atoms with E-state index < -0.39 is 0 Å². The molecule has 130 valence electrons. The fourth-order valence-corrected chi connectivity index (χ4v) is 3.84. The third kappa shape index (κ3) is 4.91. The van der Waals surface area contributed by atoms with Crippen molar-refractivity contribution in [2.45, 2.75) is 31.4 Å². The van der Waals surface area contributed by atoms with Crippen LogP contribution in [0.15, 0.2) is 46.0 Å². The van der Waals surface area contributed by atoms with E-state index in [1.807, 2.05) is 32.0 Å². The van der Waals surface area contributed by atoms with Gasteiger partial charge >= 0.3 is 0 Å². The molecule has 0 amide bonds. The lowest BCUT2D eigenvalue weighted by atomic mass is 10.1. The zero-order valence-corrected chi connectivity index (χ0v) is 16.1. The Kier molecular flexibility index (Phi) is 5.89. The van der Waals surface area contributed by atoms with E-state index in [4.69, 9.17) is 32.4 Å². The van der Waals surface area contributed by atoms with Crippen molar-refractivity contribution in [3.8, 4) is 5.75 Å². The first-order valence-electron chi connectivity index (χ1n) is 7.60. The van der Waals surface area contributed by atoms with E-state index in [9.17, 15) is 0 Å². The van der Waals surface area contributed by atoms with Crippen molar-refractivity contribution in [1.29, 1.82) is 0 Å². The number of aryl methyl sites for hydroxylation is 2. The zero-order valence-electron chi connectivity index (χ0n) is 13.8. The SMILES string of the molecule is Cc1cc(C)cc(OCc2nnc(SCc3c(Cl)cccc3Cl)o2)c1. The molecular formula is C18H16Cl2N2O2S. The van der Waals surface area contributed by atoms with Crippen LogP contribution < -0.4 is 4.74 Å². The minimum absolute atomic E-state index is 0.225. The summed E-state index contributed by atoms with van der Waals surface area (Å²) in [5, 5.41) is 9.72. The van der Waals surface area contributed by atoms with Crippen LogP contribution in [0.25, 0.3) is 0 Å². The van der Waals surface area contributed by atoms with Crippen LogP contribution in [0.1, 0.15) is 22.6 Å². The maximum absolute atomic E-state index is 6.16. The van der Waals surface area contributed by atoms with Crippen LogP contribution in [-0.2, 0) is 12.4 Å². The maximum Gasteiger partial charge on any atom is 0.277 e. The Morgan fingerprint density at radius 1 is 1.04 bits per heavy atom. The van der Waals surface area contributed by atoms with Crippen molar-refractivity contribution in [2.75, 3.05) is 0 Å².